The van der Waals surface area contributed by atoms with Crippen molar-refractivity contribution in [2.75, 3.05) is 44.7 Å². The highest BCUT2D eigenvalue weighted by molar-refractivity contribution is 8.26. The van der Waals surface area contributed by atoms with Gasteiger partial charge < -0.3 is 9.80 Å². The lowest BCUT2D eigenvalue weighted by Crippen LogP contribution is -2.48. The summed E-state index contributed by atoms with van der Waals surface area (Å²) in [7, 11) is 1.66. The maximum Gasteiger partial charge on any atom is 0.270 e. The van der Waals surface area contributed by atoms with Crippen LogP contribution in [-0.2, 0) is 11.3 Å². The molecule has 0 atom stereocenters. The zero-order valence-corrected chi connectivity index (χ0v) is 18.8. The normalized spacial score (nSPS) is 19.3. The van der Waals surface area contributed by atoms with Crippen molar-refractivity contribution in [1.29, 1.82) is 5.26 Å². The smallest absolute Gasteiger partial charge is 0.270 e. The second-order valence-electron chi connectivity index (χ2n) is 7.06. The fourth-order valence-corrected chi connectivity index (χ4v) is 4.89. The summed E-state index contributed by atoms with van der Waals surface area (Å²) in [6, 6.07) is 2.06. The number of amides is 1. The van der Waals surface area contributed by atoms with Crippen LogP contribution < -0.4 is 10.5 Å². The summed E-state index contributed by atoms with van der Waals surface area (Å²) in [5, 5.41) is 9.60. The van der Waals surface area contributed by atoms with Crippen molar-refractivity contribution in [3.63, 3.8) is 0 Å². The van der Waals surface area contributed by atoms with Gasteiger partial charge in [-0.1, -0.05) is 30.9 Å². The van der Waals surface area contributed by atoms with E-state index in [2.05, 4.69) is 22.8 Å². The lowest BCUT2D eigenvalue weighted by Gasteiger charge is -2.37. The Balaban J connectivity index is 2.21. The Hall–Kier alpha value is -2.15. The van der Waals surface area contributed by atoms with Crippen LogP contribution in [0.4, 0.5) is 5.82 Å². The van der Waals surface area contributed by atoms with Crippen LogP contribution in [0.1, 0.15) is 30.5 Å². The van der Waals surface area contributed by atoms with E-state index in [0.29, 0.717) is 21.3 Å². The molecule has 3 heterocycles. The first-order valence-electron chi connectivity index (χ1n) is 9.70. The van der Waals surface area contributed by atoms with E-state index in [9.17, 15) is 14.9 Å². The van der Waals surface area contributed by atoms with E-state index in [1.54, 1.807) is 24.6 Å². The summed E-state index contributed by atoms with van der Waals surface area (Å²) in [5.41, 5.74) is 1.21. The number of likely N-dealkylation sites (N-methyl/N-ethyl adjacent to an activating group) is 2. The van der Waals surface area contributed by atoms with Crippen LogP contribution in [0.3, 0.4) is 0 Å². The number of hydrogen-bond acceptors (Lipinski definition) is 7. The predicted octanol–water partition coefficient (Wildman–Crippen LogP) is 2.02. The van der Waals surface area contributed by atoms with Gasteiger partial charge in [-0.15, -0.1) is 0 Å². The van der Waals surface area contributed by atoms with Crippen molar-refractivity contribution < 1.29 is 4.79 Å². The second kappa shape index (κ2) is 8.69. The van der Waals surface area contributed by atoms with Crippen molar-refractivity contribution in [2.24, 2.45) is 0 Å². The summed E-state index contributed by atoms with van der Waals surface area (Å²) in [4.78, 5) is 32.1. The third-order valence-electron chi connectivity index (χ3n) is 5.54. The molecular weight excluding hydrogens is 406 g/mol. The van der Waals surface area contributed by atoms with E-state index in [-0.39, 0.29) is 17.0 Å². The Bertz CT molecular complexity index is 984. The molecule has 1 aromatic heterocycles. The zero-order chi connectivity index (χ0) is 21.3. The van der Waals surface area contributed by atoms with Gasteiger partial charge in [-0.3, -0.25) is 19.1 Å². The molecule has 7 nitrogen and oxygen atoms in total. The molecule has 0 radical (unpaired) electrons. The molecule has 1 amide bonds. The Morgan fingerprint density at radius 2 is 1.83 bits per heavy atom. The van der Waals surface area contributed by atoms with Gasteiger partial charge in [0.2, 0.25) is 0 Å². The molecule has 154 valence electrons. The van der Waals surface area contributed by atoms with Crippen molar-refractivity contribution in [3.8, 4) is 6.07 Å². The minimum Gasteiger partial charge on any atom is -0.355 e. The number of piperazine rings is 1. The largest absolute Gasteiger partial charge is 0.355 e. The monoisotopic (exact) mass is 431 g/mol. The summed E-state index contributed by atoms with van der Waals surface area (Å²) in [5.74, 6) is 0.625. The maximum atomic E-state index is 13.0. The third kappa shape index (κ3) is 3.84. The van der Waals surface area contributed by atoms with Crippen LogP contribution in [-0.4, -0.2) is 64.4 Å². The molecule has 2 saturated heterocycles. The van der Waals surface area contributed by atoms with Crippen molar-refractivity contribution in [3.05, 3.63) is 31.9 Å². The Morgan fingerprint density at radius 1 is 1.17 bits per heavy atom. The topological polar surface area (TPSA) is 72.6 Å². The van der Waals surface area contributed by atoms with Gasteiger partial charge in [-0.05, 0) is 32.0 Å². The average Bonchev–Trinajstić information content (AvgIpc) is 2.97. The van der Waals surface area contributed by atoms with Gasteiger partial charge in [-0.25, -0.2) is 0 Å². The fraction of sp³-hybridized carbons (Fsp3) is 0.500. The molecule has 2 aliphatic heterocycles. The Morgan fingerprint density at radius 3 is 2.31 bits per heavy atom. The zero-order valence-electron chi connectivity index (χ0n) is 17.2. The number of hydrogen-bond donors (Lipinski definition) is 0. The van der Waals surface area contributed by atoms with Gasteiger partial charge in [0, 0.05) is 45.3 Å². The van der Waals surface area contributed by atoms with Gasteiger partial charge in [0.1, 0.15) is 21.8 Å². The van der Waals surface area contributed by atoms with Crippen molar-refractivity contribution in [1.82, 2.24) is 14.4 Å². The number of rotatable bonds is 4. The van der Waals surface area contributed by atoms with Crippen LogP contribution in [0.2, 0.25) is 0 Å². The van der Waals surface area contributed by atoms with E-state index >= 15 is 0 Å². The molecule has 0 N–H and O–H groups in total. The molecule has 0 aromatic carbocycles. The molecule has 29 heavy (non-hydrogen) atoms. The first kappa shape index (κ1) is 21.6. The summed E-state index contributed by atoms with van der Waals surface area (Å²) in [6.07, 6.45) is 1.80. The Labute approximate surface area is 180 Å². The molecule has 2 aliphatic rings. The van der Waals surface area contributed by atoms with E-state index < -0.39 is 0 Å². The molecule has 0 aliphatic carbocycles. The molecule has 0 bridgehead atoms. The minimum atomic E-state index is -0.277. The van der Waals surface area contributed by atoms with Gasteiger partial charge in [-0.2, -0.15) is 5.26 Å². The summed E-state index contributed by atoms with van der Waals surface area (Å²) in [6.45, 7) is 10.7. The van der Waals surface area contributed by atoms with Crippen LogP contribution in [0.15, 0.2) is 9.70 Å². The molecule has 0 saturated carbocycles. The highest BCUT2D eigenvalue weighted by Crippen LogP contribution is 2.35. The minimum absolute atomic E-state index is 0.126. The van der Waals surface area contributed by atoms with Gasteiger partial charge in [0.25, 0.3) is 11.5 Å². The first-order chi connectivity index (χ1) is 13.8. The number of aromatic nitrogens is 1. The van der Waals surface area contributed by atoms with Crippen LogP contribution in [0.25, 0.3) is 6.08 Å². The molecule has 1 aromatic rings. The van der Waals surface area contributed by atoms with Crippen LogP contribution >= 0.6 is 24.0 Å². The number of nitrogens with zero attached hydrogens (tertiary/aromatic N) is 5. The molecule has 3 rings (SSSR count). The number of carbonyl (C=O) groups excluding carboxylic acids is 1. The van der Waals surface area contributed by atoms with Gasteiger partial charge in [0.05, 0.1) is 4.91 Å². The van der Waals surface area contributed by atoms with E-state index in [4.69, 9.17) is 12.2 Å². The van der Waals surface area contributed by atoms with Crippen LogP contribution in [0.5, 0.6) is 0 Å². The SMILES string of the molecule is CCN1CCN(c2c(/C=C3\SC(=S)N(C)C3=O)c(C)c(C#N)c(=O)n2CC)CC1. The predicted molar refractivity (Wildman–Crippen MR) is 121 cm³/mol. The average molecular weight is 432 g/mol. The van der Waals surface area contributed by atoms with E-state index in [0.717, 1.165) is 44.1 Å². The van der Waals surface area contributed by atoms with E-state index in [1.165, 1.54) is 16.7 Å². The first-order valence-corrected chi connectivity index (χ1v) is 10.9. The van der Waals surface area contributed by atoms with Crippen LogP contribution in [0, 0.1) is 18.3 Å². The molecule has 9 heteroatoms. The standard InChI is InChI=1S/C20H25N5O2S2/c1-5-23-7-9-24(10-8-23)17-14(11-16-19(27)22(4)20(28)29-16)13(3)15(12-21)18(26)25(17)6-2/h11H,5-10H2,1-4H3/b16-11-. The maximum absolute atomic E-state index is 13.0. The third-order valence-corrected chi connectivity index (χ3v) is 7.03. The quantitative estimate of drug-likeness (QED) is 0.533. The summed E-state index contributed by atoms with van der Waals surface area (Å²) < 4.78 is 2.16. The van der Waals surface area contributed by atoms with Crippen molar-refractivity contribution in [2.45, 2.75) is 27.3 Å². The van der Waals surface area contributed by atoms with E-state index in [1.807, 2.05) is 6.92 Å². The highest BCUT2D eigenvalue weighted by Gasteiger charge is 2.31. The number of carbonyl (C=O) groups is 1. The molecule has 2 fully saturated rings. The number of thiocarbonyl (C=S) groups is 1. The Kier molecular flexibility index (Phi) is 6.46. The second-order valence-corrected chi connectivity index (χ2v) is 8.74. The summed E-state index contributed by atoms with van der Waals surface area (Å²) >= 11 is 6.50. The van der Waals surface area contributed by atoms with Gasteiger partial charge >= 0.3 is 0 Å². The molecular formula is C20H25N5O2S2. The lowest BCUT2D eigenvalue weighted by atomic mass is 10.0. The number of thioether (sulfide) groups is 1. The molecule has 0 unspecified atom stereocenters. The highest BCUT2D eigenvalue weighted by atomic mass is 32.2. The lowest BCUT2D eigenvalue weighted by molar-refractivity contribution is -0.121. The number of nitriles is 1. The number of anilines is 1. The fourth-order valence-electron chi connectivity index (χ4n) is 3.73. The molecule has 0 spiro atoms. The number of pyridine rings is 1. The van der Waals surface area contributed by atoms with Crippen molar-refractivity contribution >= 4 is 46.1 Å². The van der Waals surface area contributed by atoms with Gasteiger partial charge in [0.15, 0.2) is 0 Å².